The van der Waals surface area contributed by atoms with Gasteiger partial charge in [0.15, 0.2) is 0 Å². The molecule has 0 aliphatic heterocycles. The van der Waals surface area contributed by atoms with Crippen molar-refractivity contribution in [3.8, 4) is 6.07 Å². The second kappa shape index (κ2) is 5.03. The molecule has 88 valence electrons. The number of H-pyrrole nitrogens is 1. The van der Waals surface area contributed by atoms with E-state index in [1.165, 1.54) is 5.39 Å². The van der Waals surface area contributed by atoms with Crippen LogP contribution in [0.5, 0.6) is 0 Å². The number of nitrogens with one attached hydrogen (secondary N) is 1. The minimum absolute atomic E-state index is 0.704. The Morgan fingerprint density at radius 1 is 1.35 bits per heavy atom. The van der Waals surface area contributed by atoms with E-state index in [0.717, 1.165) is 30.6 Å². The molecule has 0 spiro atoms. The van der Waals surface area contributed by atoms with E-state index in [-0.39, 0.29) is 0 Å². The van der Waals surface area contributed by atoms with Gasteiger partial charge < -0.3 is 9.88 Å². The first-order chi connectivity index (χ1) is 8.26. The molecule has 1 aromatic carbocycles. The molecule has 0 unspecified atom stereocenters. The quantitative estimate of drug-likeness (QED) is 0.872. The number of hydrogen-bond donors (Lipinski definition) is 1. The summed E-state index contributed by atoms with van der Waals surface area (Å²) in [6.07, 6.45) is 0.914. The Bertz CT molecular complexity index is 548. The third-order valence-corrected chi connectivity index (χ3v) is 3.21. The third-order valence-electron chi connectivity index (χ3n) is 3.21. The van der Waals surface area contributed by atoms with Gasteiger partial charge >= 0.3 is 0 Å². The smallest absolute Gasteiger partial charge is 0.121 e. The summed E-state index contributed by atoms with van der Waals surface area (Å²) >= 11 is 0. The second-order valence-corrected chi connectivity index (χ2v) is 4.28. The Morgan fingerprint density at radius 3 is 2.82 bits per heavy atom. The molecule has 17 heavy (non-hydrogen) atoms. The van der Waals surface area contributed by atoms with Crippen molar-refractivity contribution >= 4 is 10.9 Å². The molecule has 0 saturated carbocycles. The summed E-state index contributed by atoms with van der Waals surface area (Å²) in [6, 6.07) is 10.4. The lowest BCUT2D eigenvalue weighted by Crippen LogP contribution is -2.20. The number of aromatic amines is 1. The van der Waals surface area contributed by atoms with Gasteiger partial charge in [0, 0.05) is 17.4 Å². The number of nitriles is 1. The zero-order valence-electron chi connectivity index (χ0n) is 10.3. The first kappa shape index (κ1) is 11.7. The monoisotopic (exact) mass is 227 g/mol. The average molecular weight is 227 g/mol. The molecule has 0 fully saturated rings. The van der Waals surface area contributed by atoms with E-state index in [0.29, 0.717) is 5.69 Å². The zero-order chi connectivity index (χ0) is 12.3. The highest BCUT2D eigenvalue weighted by Crippen LogP contribution is 2.22. The van der Waals surface area contributed by atoms with Crippen LogP contribution in [-0.4, -0.2) is 30.0 Å². The average Bonchev–Trinajstić information content (AvgIpc) is 2.73. The van der Waals surface area contributed by atoms with Gasteiger partial charge in [-0.15, -0.1) is 0 Å². The van der Waals surface area contributed by atoms with E-state index >= 15 is 0 Å². The molecule has 3 heteroatoms. The second-order valence-electron chi connectivity index (χ2n) is 4.28. The van der Waals surface area contributed by atoms with Gasteiger partial charge in [-0.25, -0.2) is 0 Å². The van der Waals surface area contributed by atoms with Crippen LogP contribution in [0.2, 0.25) is 0 Å². The van der Waals surface area contributed by atoms with E-state index in [1.807, 2.05) is 18.2 Å². The lowest BCUT2D eigenvalue weighted by Gasteiger charge is -2.13. The predicted molar refractivity (Wildman–Crippen MR) is 69.9 cm³/mol. The van der Waals surface area contributed by atoms with Crippen molar-refractivity contribution in [3.63, 3.8) is 0 Å². The molecule has 1 N–H and O–H groups in total. The normalized spacial score (nSPS) is 10.9. The van der Waals surface area contributed by atoms with Gasteiger partial charge in [-0.05, 0) is 31.6 Å². The number of rotatable bonds is 4. The highest BCUT2D eigenvalue weighted by molar-refractivity contribution is 5.85. The van der Waals surface area contributed by atoms with Crippen molar-refractivity contribution in [3.05, 3.63) is 35.5 Å². The van der Waals surface area contributed by atoms with Crippen molar-refractivity contribution in [2.75, 3.05) is 20.1 Å². The van der Waals surface area contributed by atoms with Crippen molar-refractivity contribution in [2.45, 2.75) is 13.3 Å². The van der Waals surface area contributed by atoms with Gasteiger partial charge in [0.05, 0.1) is 0 Å². The number of hydrogen-bond acceptors (Lipinski definition) is 2. The Balaban J connectivity index is 2.34. The maximum absolute atomic E-state index is 9.15. The van der Waals surface area contributed by atoms with Crippen molar-refractivity contribution in [2.24, 2.45) is 0 Å². The molecule has 2 aromatic rings. The van der Waals surface area contributed by atoms with E-state index in [9.17, 15) is 0 Å². The molecular formula is C14H17N3. The maximum Gasteiger partial charge on any atom is 0.121 e. The maximum atomic E-state index is 9.15. The van der Waals surface area contributed by atoms with E-state index in [2.05, 4.69) is 36.0 Å². The van der Waals surface area contributed by atoms with Gasteiger partial charge in [-0.3, -0.25) is 0 Å². The number of likely N-dealkylation sites (N-methyl/N-ethyl adjacent to an activating group) is 1. The summed E-state index contributed by atoms with van der Waals surface area (Å²) in [5, 5.41) is 10.3. The number of para-hydroxylation sites is 1. The van der Waals surface area contributed by atoms with Crippen LogP contribution in [-0.2, 0) is 6.42 Å². The topological polar surface area (TPSA) is 42.8 Å². The summed E-state index contributed by atoms with van der Waals surface area (Å²) in [4.78, 5) is 5.43. The molecule has 1 heterocycles. The molecule has 0 atom stereocenters. The summed E-state index contributed by atoms with van der Waals surface area (Å²) in [5.74, 6) is 0. The Labute approximate surface area is 102 Å². The molecular weight excluding hydrogens is 210 g/mol. The van der Waals surface area contributed by atoms with Crippen LogP contribution in [0.25, 0.3) is 10.9 Å². The fraction of sp³-hybridized carbons (Fsp3) is 0.357. The van der Waals surface area contributed by atoms with Crippen LogP contribution in [0.15, 0.2) is 24.3 Å². The van der Waals surface area contributed by atoms with Crippen LogP contribution < -0.4 is 0 Å². The first-order valence-corrected chi connectivity index (χ1v) is 5.94. The largest absolute Gasteiger partial charge is 0.346 e. The number of benzene rings is 1. The third kappa shape index (κ3) is 2.32. The summed E-state index contributed by atoms with van der Waals surface area (Å²) in [7, 11) is 2.10. The SMILES string of the molecule is CCN(C)CCc1c(C#N)[nH]c2ccccc12. The molecule has 2 rings (SSSR count). The van der Waals surface area contributed by atoms with Crippen molar-refractivity contribution in [1.29, 1.82) is 5.26 Å². The molecule has 0 saturated heterocycles. The minimum Gasteiger partial charge on any atom is -0.346 e. The molecule has 0 amide bonds. The van der Waals surface area contributed by atoms with Gasteiger partial charge in [-0.2, -0.15) is 5.26 Å². The number of nitrogens with zero attached hydrogens (tertiary/aromatic N) is 2. The van der Waals surface area contributed by atoms with E-state index in [4.69, 9.17) is 5.26 Å². The van der Waals surface area contributed by atoms with Crippen LogP contribution in [0.4, 0.5) is 0 Å². The zero-order valence-corrected chi connectivity index (χ0v) is 10.3. The Morgan fingerprint density at radius 2 is 2.12 bits per heavy atom. The first-order valence-electron chi connectivity index (χ1n) is 5.94. The minimum atomic E-state index is 0.704. The van der Waals surface area contributed by atoms with E-state index < -0.39 is 0 Å². The van der Waals surface area contributed by atoms with Gasteiger partial charge in [0.25, 0.3) is 0 Å². The molecule has 0 aliphatic rings. The Hall–Kier alpha value is -1.79. The molecule has 0 aliphatic carbocycles. The summed E-state index contributed by atoms with van der Waals surface area (Å²) in [6.45, 7) is 4.15. The molecule has 0 radical (unpaired) electrons. The lowest BCUT2D eigenvalue weighted by atomic mass is 10.1. The fourth-order valence-corrected chi connectivity index (χ4v) is 2.02. The highest BCUT2D eigenvalue weighted by atomic mass is 15.1. The van der Waals surface area contributed by atoms with Crippen LogP contribution in [0, 0.1) is 11.3 Å². The van der Waals surface area contributed by atoms with E-state index in [1.54, 1.807) is 0 Å². The Kier molecular flexibility index (Phi) is 3.46. The molecule has 3 nitrogen and oxygen atoms in total. The fourth-order valence-electron chi connectivity index (χ4n) is 2.02. The predicted octanol–water partition coefficient (Wildman–Crippen LogP) is 2.53. The molecule has 1 aromatic heterocycles. The van der Waals surface area contributed by atoms with Gasteiger partial charge in [-0.1, -0.05) is 25.1 Å². The van der Waals surface area contributed by atoms with Crippen LogP contribution in [0.1, 0.15) is 18.2 Å². The van der Waals surface area contributed by atoms with Gasteiger partial charge in [0.1, 0.15) is 11.8 Å². The van der Waals surface area contributed by atoms with Crippen molar-refractivity contribution in [1.82, 2.24) is 9.88 Å². The standard InChI is InChI=1S/C14H17N3/c1-3-17(2)9-8-12-11-6-4-5-7-13(11)16-14(12)10-15/h4-7,16H,3,8-9H2,1-2H3. The van der Waals surface area contributed by atoms with Crippen molar-refractivity contribution < 1.29 is 0 Å². The summed E-state index contributed by atoms with van der Waals surface area (Å²) in [5.41, 5.74) is 2.90. The van der Waals surface area contributed by atoms with Gasteiger partial charge in [0.2, 0.25) is 0 Å². The number of fused-ring (bicyclic) bond motifs is 1. The highest BCUT2D eigenvalue weighted by Gasteiger charge is 2.10. The molecule has 0 bridgehead atoms. The van der Waals surface area contributed by atoms with Crippen LogP contribution >= 0.6 is 0 Å². The summed E-state index contributed by atoms with van der Waals surface area (Å²) < 4.78 is 0. The lowest BCUT2D eigenvalue weighted by molar-refractivity contribution is 0.358. The number of aromatic nitrogens is 1. The van der Waals surface area contributed by atoms with Crippen LogP contribution in [0.3, 0.4) is 0 Å².